The van der Waals surface area contributed by atoms with Crippen LogP contribution < -0.4 is 5.32 Å². The summed E-state index contributed by atoms with van der Waals surface area (Å²) in [5.41, 5.74) is 5.29. The van der Waals surface area contributed by atoms with Crippen LogP contribution in [0.15, 0.2) is 83.8 Å². The van der Waals surface area contributed by atoms with Crippen LogP contribution in [0.1, 0.15) is 21.8 Å². The van der Waals surface area contributed by atoms with Crippen molar-refractivity contribution in [3.63, 3.8) is 0 Å². The fourth-order valence-electron chi connectivity index (χ4n) is 3.49. The number of rotatable bonds is 5. The van der Waals surface area contributed by atoms with Crippen LogP contribution in [0.25, 0.3) is 28.2 Å². The zero-order chi connectivity index (χ0) is 21.2. The summed E-state index contributed by atoms with van der Waals surface area (Å²) < 4.78 is 7.35. The zero-order valence-corrected chi connectivity index (χ0v) is 16.8. The van der Waals surface area contributed by atoms with E-state index in [0.717, 1.165) is 28.2 Å². The fourth-order valence-corrected chi connectivity index (χ4v) is 3.49. The van der Waals surface area contributed by atoms with Crippen molar-refractivity contribution in [1.82, 2.24) is 24.8 Å². The number of fused-ring (bicyclic) bond motifs is 1. The molecule has 4 heterocycles. The minimum absolute atomic E-state index is 0.177. The van der Waals surface area contributed by atoms with Gasteiger partial charge in [-0.15, -0.1) is 0 Å². The van der Waals surface area contributed by atoms with E-state index >= 15 is 0 Å². The van der Waals surface area contributed by atoms with E-state index in [0.29, 0.717) is 23.5 Å². The van der Waals surface area contributed by atoms with Crippen LogP contribution >= 0.6 is 0 Å². The van der Waals surface area contributed by atoms with Gasteiger partial charge in [-0.2, -0.15) is 0 Å². The van der Waals surface area contributed by atoms with Gasteiger partial charge >= 0.3 is 0 Å². The predicted molar refractivity (Wildman–Crippen MR) is 116 cm³/mol. The molecule has 0 aliphatic heterocycles. The van der Waals surface area contributed by atoms with Gasteiger partial charge in [0.1, 0.15) is 17.1 Å². The first-order valence-electron chi connectivity index (χ1n) is 9.88. The molecule has 0 fully saturated rings. The van der Waals surface area contributed by atoms with Crippen molar-refractivity contribution in [2.75, 3.05) is 0 Å². The third kappa shape index (κ3) is 3.69. The first-order chi connectivity index (χ1) is 15.2. The lowest BCUT2D eigenvalue weighted by molar-refractivity contribution is 0.0950. The first-order valence-corrected chi connectivity index (χ1v) is 9.88. The minimum Gasteiger partial charge on any atom is -0.360 e. The lowest BCUT2D eigenvalue weighted by Crippen LogP contribution is -2.23. The lowest BCUT2D eigenvalue weighted by atomic mass is 10.0. The molecule has 0 aliphatic carbocycles. The van der Waals surface area contributed by atoms with Crippen LogP contribution in [0, 0.1) is 6.92 Å². The topological polar surface area (TPSA) is 85.3 Å². The summed E-state index contributed by atoms with van der Waals surface area (Å²) in [6.45, 7) is 2.24. The van der Waals surface area contributed by atoms with E-state index in [9.17, 15) is 4.79 Å². The van der Waals surface area contributed by atoms with Crippen LogP contribution in [-0.4, -0.2) is 25.4 Å². The molecule has 0 radical (unpaired) electrons. The van der Waals surface area contributed by atoms with Crippen LogP contribution in [-0.2, 0) is 6.54 Å². The molecule has 0 saturated carbocycles. The van der Waals surface area contributed by atoms with Crippen molar-refractivity contribution in [1.29, 1.82) is 0 Å². The summed E-state index contributed by atoms with van der Waals surface area (Å²) in [5.74, 6) is 0.513. The maximum atomic E-state index is 12.6. The molecule has 152 valence electrons. The van der Waals surface area contributed by atoms with E-state index in [2.05, 4.69) is 15.5 Å². The van der Waals surface area contributed by atoms with E-state index in [-0.39, 0.29) is 5.91 Å². The van der Waals surface area contributed by atoms with Gasteiger partial charge < -0.3 is 14.2 Å². The van der Waals surface area contributed by atoms with Gasteiger partial charge in [0.2, 0.25) is 0 Å². The number of hydrogen-bond donors (Lipinski definition) is 1. The molecule has 0 aliphatic rings. The molecule has 0 spiro atoms. The number of carbonyl (C=O) groups is 1. The Labute approximate surface area is 178 Å². The molecular formula is C24H19N5O2. The highest BCUT2D eigenvalue weighted by molar-refractivity contribution is 5.95. The van der Waals surface area contributed by atoms with Gasteiger partial charge in [-0.05, 0) is 31.2 Å². The fraction of sp³-hybridized carbons (Fsp3) is 0.0833. The Morgan fingerprint density at radius 3 is 2.74 bits per heavy atom. The molecule has 5 aromatic rings. The number of nitrogens with zero attached hydrogens (tertiary/aromatic N) is 4. The van der Waals surface area contributed by atoms with Gasteiger partial charge in [-0.1, -0.05) is 41.6 Å². The normalized spacial score (nSPS) is 11.0. The Kier molecular flexibility index (Phi) is 4.76. The highest BCUT2D eigenvalue weighted by atomic mass is 16.5. The molecule has 0 saturated heterocycles. The average molecular weight is 409 g/mol. The van der Waals surface area contributed by atoms with Crippen molar-refractivity contribution < 1.29 is 9.32 Å². The van der Waals surface area contributed by atoms with Crippen molar-refractivity contribution >= 4 is 11.6 Å². The average Bonchev–Trinajstić information content (AvgIpc) is 3.41. The van der Waals surface area contributed by atoms with E-state index in [1.165, 1.54) is 0 Å². The third-order valence-electron chi connectivity index (χ3n) is 5.04. The van der Waals surface area contributed by atoms with Crippen LogP contribution in [0.5, 0.6) is 0 Å². The summed E-state index contributed by atoms with van der Waals surface area (Å²) in [6.07, 6.45) is 5.44. The third-order valence-corrected chi connectivity index (χ3v) is 5.04. The van der Waals surface area contributed by atoms with Crippen molar-refractivity contribution in [3.8, 4) is 22.5 Å². The number of hydrogen-bond acceptors (Lipinski definition) is 5. The van der Waals surface area contributed by atoms with E-state index < -0.39 is 0 Å². The second kappa shape index (κ2) is 7.87. The number of pyridine rings is 2. The quantitative estimate of drug-likeness (QED) is 0.468. The van der Waals surface area contributed by atoms with Crippen LogP contribution in [0.4, 0.5) is 0 Å². The zero-order valence-electron chi connectivity index (χ0n) is 16.8. The molecule has 7 heteroatoms. The Bertz CT molecular complexity index is 1360. The van der Waals surface area contributed by atoms with Crippen molar-refractivity contribution in [3.05, 3.63) is 96.3 Å². The van der Waals surface area contributed by atoms with Gasteiger partial charge in [-0.25, -0.2) is 4.98 Å². The SMILES string of the molecule is Cc1onc(-c2ccccc2)c1-c1cn2ccc(C(=O)NCc3ccccn3)cc2n1. The Hall–Kier alpha value is -4.26. The Morgan fingerprint density at radius 2 is 1.94 bits per heavy atom. The van der Waals surface area contributed by atoms with Gasteiger partial charge in [0.05, 0.1) is 23.5 Å². The maximum absolute atomic E-state index is 12.6. The number of amides is 1. The first kappa shape index (κ1) is 18.7. The number of imidazole rings is 1. The highest BCUT2D eigenvalue weighted by Gasteiger charge is 2.19. The summed E-state index contributed by atoms with van der Waals surface area (Å²) >= 11 is 0. The molecule has 0 atom stereocenters. The van der Waals surface area contributed by atoms with Crippen molar-refractivity contribution in [2.45, 2.75) is 13.5 Å². The van der Waals surface area contributed by atoms with Crippen LogP contribution in [0.3, 0.4) is 0 Å². The predicted octanol–water partition coefficient (Wildman–Crippen LogP) is 4.29. The lowest BCUT2D eigenvalue weighted by Gasteiger charge is -2.05. The van der Waals surface area contributed by atoms with E-state index in [4.69, 9.17) is 9.51 Å². The molecule has 0 unspecified atom stereocenters. The Balaban J connectivity index is 1.44. The second-order valence-corrected chi connectivity index (χ2v) is 7.14. The largest absolute Gasteiger partial charge is 0.360 e. The maximum Gasteiger partial charge on any atom is 0.251 e. The highest BCUT2D eigenvalue weighted by Crippen LogP contribution is 2.33. The molecular weight excluding hydrogens is 390 g/mol. The molecule has 31 heavy (non-hydrogen) atoms. The molecule has 0 bridgehead atoms. The molecule has 1 amide bonds. The summed E-state index contributed by atoms with van der Waals surface area (Å²) in [6, 6.07) is 19.0. The molecule has 1 N–H and O–H groups in total. The van der Waals surface area contributed by atoms with Gasteiger partial charge in [0, 0.05) is 29.7 Å². The number of carbonyl (C=O) groups excluding carboxylic acids is 1. The summed E-state index contributed by atoms with van der Waals surface area (Å²) in [7, 11) is 0. The number of aromatic nitrogens is 4. The molecule has 4 aromatic heterocycles. The minimum atomic E-state index is -0.177. The summed E-state index contributed by atoms with van der Waals surface area (Å²) in [5, 5.41) is 7.13. The van der Waals surface area contributed by atoms with Crippen LogP contribution in [0.2, 0.25) is 0 Å². The number of aryl methyl sites for hydroxylation is 1. The van der Waals surface area contributed by atoms with Gasteiger partial charge in [0.25, 0.3) is 5.91 Å². The monoisotopic (exact) mass is 409 g/mol. The van der Waals surface area contributed by atoms with Gasteiger partial charge in [-0.3, -0.25) is 9.78 Å². The van der Waals surface area contributed by atoms with Crippen molar-refractivity contribution in [2.24, 2.45) is 0 Å². The van der Waals surface area contributed by atoms with Gasteiger partial charge in [0.15, 0.2) is 0 Å². The molecule has 7 nitrogen and oxygen atoms in total. The van der Waals surface area contributed by atoms with E-state index in [1.54, 1.807) is 18.3 Å². The second-order valence-electron chi connectivity index (χ2n) is 7.14. The molecule has 1 aromatic carbocycles. The standard InChI is InChI=1S/C24H19N5O2/c1-16-22(23(28-31-16)17-7-3-2-4-8-17)20-15-29-12-10-18(13-21(29)27-20)24(30)26-14-19-9-5-6-11-25-19/h2-13,15H,14H2,1H3,(H,26,30). The smallest absolute Gasteiger partial charge is 0.251 e. The van der Waals surface area contributed by atoms with E-state index in [1.807, 2.05) is 72.2 Å². The number of benzene rings is 1. The molecule has 5 rings (SSSR count). The number of nitrogens with one attached hydrogen (secondary N) is 1. The Morgan fingerprint density at radius 1 is 1.10 bits per heavy atom. The summed E-state index contributed by atoms with van der Waals surface area (Å²) in [4.78, 5) is 21.5.